The van der Waals surface area contributed by atoms with Crippen molar-refractivity contribution in [3.8, 4) is 0 Å². The Bertz CT molecular complexity index is 265. The second kappa shape index (κ2) is 3.48. The lowest BCUT2D eigenvalue weighted by Gasteiger charge is -2.36. The Morgan fingerprint density at radius 1 is 1.58 bits per heavy atom. The zero-order chi connectivity index (χ0) is 8.55. The van der Waals surface area contributed by atoms with E-state index in [0.29, 0.717) is 0 Å². The molecule has 1 aliphatic heterocycles. The zero-order valence-electron chi connectivity index (χ0n) is 7.09. The molecule has 0 aliphatic carbocycles. The maximum Gasteiger partial charge on any atom is 0.0701 e. The number of thiophene rings is 1. The average molecular weight is 246 g/mol. The van der Waals surface area contributed by atoms with E-state index < -0.39 is 0 Å². The highest BCUT2D eigenvalue weighted by molar-refractivity contribution is 9.11. The van der Waals surface area contributed by atoms with E-state index in [1.165, 1.54) is 21.8 Å². The van der Waals surface area contributed by atoms with Crippen LogP contribution in [0.1, 0.15) is 11.8 Å². The lowest BCUT2D eigenvalue weighted by Crippen LogP contribution is -2.44. The highest BCUT2D eigenvalue weighted by Gasteiger charge is 2.22. The number of rotatable bonds is 2. The van der Waals surface area contributed by atoms with Crippen molar-refractivity contribution in [2.75, 3.05) is 13.1 Å². The smallest absolute Gasteiger partial charge is 0.0701 e. The third-order valence-corrected chi connectivity index (χ3v) is 3.76. The van der Waals surface area contributed by atoms with Crippen molar-refractivity contribution in [3.05, 3.63) is 20.8 Å². The van der Waals surface area contributed by atoms with E-state index in [1.54, 1.807) is 0 Å². The molecule has 2 rings (SSSR count). The summed E-state index contributed by atoms with van der Waals surface area (Å²) in [6, 6.07) is 4.33. The van der Waals surface area contributed by atoms with Gasteiger partial charge in [-0.25, -0.2) is 0 Å². The van der Waals surface area contributed by atoms with Gasteiger partial charge in [-0.1, -0.05) is 6.92 Å². The molecule has 0 spiro atoms. The second-order valence-electron chi connectivity index (χ2n) is 3.51. The summed E-state index contributed by atoms with van der Waals surface area (Å²) >= 11 is 5.32. The first kappa shape index (κ1) is 8.73. The van der Waals surface area contributed by atoms with Crippen molar-refractivity contribution in [1.82, 2.24) is 4.90 Å². The van der Waals surface area contributed by atoms with E-state index in [-0.39, 0.29) is 0 Å². The summed E-state index contributed by atoms with van der Waals surface area (Å²) in [5.74, 6) is 0.911. The van der Waals surface area contributed by atoms with Crippen molar-refractivity contribution < 1.29 is 0 Å². The van der Waals surface area contributed by atoms with E-state index >= 15 is 0 Å². The molecule has 1 aliphatic rings. The van der Waals surface area contributed by atoms with Crippen LogP contribution in [0.3, 0.4) is 0 Å². The topological polar surface area (TPSA) is 3.24 Å². The summed E-state index contributed by atoms with van der Waals surface area (Å²) in [6.07, 6.45) is 0. The second-order valence-corrected chi connectivity index (χ2v) is 6.05. The van der Waals surface area contributed by atoms with Crippen molar-refractivity contribution in [2.45, 2.75) is 13.5 Å². The van der Waals surface area contributed by atoms with Crippen LogP contribution in [0.4, 0.5) is 0 Å². The van der Waals surface area contributed by atoms with E-state index in [9.17, 15) is 0 Å². The Hall–Kier alpha value is 0.140. The van der Waals surface area contributed by atoms with Gasteiger partial charge in [-0.05, 0) is 34.0 Å². The van der Waals surface area contributed by atoms with Gasteiger partial charge in [-0.15, -0.1) is 11.3 Å². The van der Waals surface area contributed by atoms with Crippen LogP contribution in [0, 0.1) is 5.92 Å². The first-order valence-electron chi connectivity index (χ1n) is 4.20. The SMILES string of the molecule is CC1CN(Cc2ccc(Br)s2)C1. The number of nitrogens with zero attached hydrogens (tertiary/aromatic N) is 1. The quantitative estimate of drug-likeness (QED) is 0.775. The van der Waals surface area contributed by atoms with Gasteiger partial charge in [-0.3, -0.25) is 4.90 Å². The average Bonchev–Trinajstić information content (AvgIpc) is 2.33. The largest absolute Gasteiger partial charge is 0.298 e. The summed E-state index contributed by atoms with van der Waals surface area (Å²) in [5.41, 5.74) is 0. The lowest BCUT2D eigenvalue weighted by molar-refractivity contribution is 0.106. The minimum atomic E-state index is 0.911. The van der Waals surface area contributed by atoms with E-state index in [1.807, 2.05) is 11.3 Å². The molecule has 0 bridgehead atoms. The van der Waals surface area contributed by atoms with Crippen molar-refractivity contribution in [1.29, 1.82) is 0 Å². The molecule has 0 radical (unpaired) electrons. The highest BCUT2D eigenvalue weighted by Crippen LogP contribution is 2.25. The number of hydrogen-bond donors (Lipinski definition) is 0. The molecule has 66 valence electrons. The molecule has 0 aromatic carbocycles. The van der Waals surface area contributed by atoms with E-state index in [2.05, 4.69) is 39.9 Å². The molecule has 0 atom stereocenters. The first-order valence-corrected chi connectivity index (χ1v) is 5.81. The van der Waals surface area contributed by atoms with Gasteiger partial charge in [-0.2, -0.15) is 0 Å². The van der Waals surface area contributed by atoms with Crippen molar-refractivity contribution in [3.63, 3.8) is 0 Å². The Kier molecular flexibility index (Phi) is 2.53. The van der Waals surface area contributed by atoms with Crippen LogP contribution in [-0.4, -0.2) is 18.0 Å². The molecule has 1 aromatic rings. The van der Waals surface area contributed by atoms with Gasteiger partial charge in [0.15, 0.2) is 0 Å². The summed E-state index contributed by atoms with van der Waals surface area (Å²) in [5, 5.41) is 0. The predicted molar refractivity (Wildman–Crippen MR) is 56.5 cm³/mol. The van der Waals surface area contributed by atoms with Gasteiger partial charge in [0.2, 0.25) is 0 Å². The third kappa shape index (κ3) is 1.90. The van der Waals surface area contributed by atoms with Crippen molar-refractivity contribution in [2.24, 2.45) is 5.92 Å². The maximum absolute atomic E-state index is 3.47. The molecule has 0 N–H and O–H groups in total. The fourth-order valence-electron chi connectivity index (χ4n) is 1.61. The van der Waals surface area contributed by atoms with Crippen molar-refractivity contribution >= 4 is 27.3 Å². The lowest BCUT2D eigenvalue weighted by atomic mass is 10.0. The van der Waals surface area contributed by atoms with Gasteiger partial charge in [0, 0.05) is 24.5 Å². The van der Waals surface area contributed by atoms with E-state index in [0.717, 1.165) is 12.5 Å². The minimum absolute atomic E-state index is 0.911. The Labute approximate surface area is 85.5 Å². The fourth-order valence-corrected chi connectivity index (χ4v) is 3.14. The Balaban J connectivity index is 1.88. The molecule has 0 saturated carbocycles. The summed E-state index contributed by atoms with van der Waals surface area (Å²) in [7, 11) is 0. The molecule has 1 fully saturated rings. The molecule has 2 heterocycles. The Morgan fingerprint density at radius 3 is 2.83 bits per heavy atom. The fraction of sp³-hybridized carbons (Fsp3) is 0.556. The van der Waals surface area contributed by atoms with Crippen LogP contribution in [0.5, 0.6) is 0 Å². The summed E-state index contributed by atoms with van der Waals surface area (Å²) in [6.45, 7) is 5.99. The van der Waals surface area contributed by atoms with Gasteiger partial charge < -0.3 is 0 Å². The molecule has 1 aromatic heterocycles. The standard InChI is InChI=1S/C9H12BrNS/c1-7-4-11(5-7)6-8-2-3-9(10)12-8/h2-3,7H,4-6H2,1H3. The molecule has 12 heavy (non-hydrogen) atoms. The van der Waals surface area contributed by atoms with Gasteiger partial charge in [0.05, 0.1) is 3.79 Å². The highest BCUT2D eigenvalue weighted by atomic mass is 79.9. The molecule has 1 nitrogen and oxygen atoms in total. The third-order valence-electron chi connectivity index (χ3n) is 2.15. The minimum Gasteiger partial charge on any atom is -0.298 e. The van der Waals surface area contributed by atoms with Crippen LogP contribution < -0.4 is 0 Å². The normalized spacial score (nSPS) is 19.5. The predicted octanol–water partition coefficient (Wildman–Crippen LogP) is 2.96. The monoisotopic (exact) mass is 245 g/mol. The molecular weight excluding hydrogens is 234 g/mol. The summed E-state index contributed by atoms with van der Waals surface area (Å²) < 4.78 is 1.24. The van der Waals surface area contributed by atoms with Crippen LogP contribution in [-0.2, 0) is 6.54 Å². The van der Waals surface area contributed by atoms with Gasteiger partial charge in [0.25, 0.3) is 0 Å². The molecule has 0 amide bonds. The van der Waals surface area contributed by atoms with Gasteiger partial charge in [0.1, 0.15) is 0 Å². The molecule has 3 heteroatoms. The maximum atomic E-state index is 3.47. The molecule has 1 saturated heterocycles. The van der Waals surface area contributed by atoms with Crippen LogP contribution in [0.2, 0.25) is 0 Å². The Morgan fingerprint density at radius 2 is 2.33 bits per heavy atom. The molecule has 0 unspecified atom stereocenters. The van der Waals surface area contributed by atoms with Crippen LogP contribution in [0.25, 0.3) is 0 Å². The van der Waals surface area contributed by atoms with Crippen LogP contribution in [0.15, 0.2) is 15.9 Å². The first-order chi connectivity index (χ1) is 5.74. The number of likely N-dealkylation sites (tertiary alicyclic amines) is 1. The molecular formula is C9H12BrNS. The number of hydrogen-bond acceptors (Lipinski definition) is 2. The zero-order valence-corrected chi connectivity index (χ0v) is 9.49. The summed E-state index contributed by atoms with van der Waals surface area (Å²) in [4.78, 5) is 3.96. The van der Waals surface area contributed by atoms with Gasteiger partial charge >= 0.3 is 0 Å². The number of halogens is 1. The van der Waals surface area contributed by atoms with Crippen LogP contribution >= 0.6 is 27.3 Å². The van der Waals surface area contributed by atoms with E-state index in [4.69, 9.17) is 0 Å².